The molecule has 96 valence electrons. The van der Waals surface area contributed by atoms with E-state index in [4.69, 9.17) is 9.84 Å². The SMILES string of the molecule is COc1ccc(-c2ncn(CC(O)CO)n2)cc1. The molecule has 0 bridgehead atoms. The van der Waals surface area contributed by atoms with Crippen LogP contribution in [0.3, 0.4) is 0 Å². The van der Waals surface area contributed by atoms with Gasteiger partial charge in [-0.3, -0.25) is 0 Å². The fraction of sp³-hybridized carbons (Fsp3) is 0.333. The number of hydrogen-bond acceptors (Lipinski definition) is 5. The van der Waals surface area contributed by atoms with Gasteiger partial charge in [-0.05, 0) is 24.3 Å². The normalized spacial score (nSPS) is 12.4. The van der Waals surface area contributed by atoms with Crippen molar-refractivity contribution in [3.8, 4) is 17.1 Å². The zero-order chi connectivity index (χ0) is 13.0. The van der Waals surface area contributed by atoms with E-state index in [1.165, 1.54) is 11.0 Å². The molecule has 1 atom stereocenters. The second-order valence-corrected chi connectivity index (χ2v) is 3.86. The van der Waals surface area contributed by atoms with E-state index in [9.17, 15) is 5.11 Å². The van der Waals surface area contributed by atoms with Crippen molar-refractivity contribution < 1.29 is 14.9 Å². The van der Waals surface area contributed by atoms with Gasteiger partial charge in [0.1, 0.15) is 12.1 Å². The Morgan fingerprint density at radius 2 is 2.06 bits per heavy atom. The second-order valence-electron chi connectivity index (χ2n) is 3.86. The molecule has 0 fully saturated rings. The maximum atomic E-state index is 9.30. The maximum absolute atomic E-state index is 9.30. The van der Waals surface area contributed by atoms with Gasteiger partial charge in [-0.15, -0.1) is 0 Å². The van der Waals surface area contributed by atoms with Gasteiger partial charge < -0.3 is 14.9 Å². The summed E-state index contributed by atoms with van der Waals surface area (Å²) in [5, 5.41) is 22.3. The van der Waals surface area contributed by atoms with Crippen LogP contribution in [0.1, 0.15) is 0 Å². The quantitative estimate of drug-likeness (QED) is 0.797. The highest BCUT2D eigenvalue weighted by Gasteiger charge is 2.07. The van der Waals surface area contributed by atoms with Gasteiger partial charge in [-0.25, -0.2) is 9.67 Å². The highest BCUT2D eigenvalue weighted by Crippen LogP contribution is 2.18. The molecule has 1 heterocycles. The third-order valence-corrected chi connectivity index (χ3v) is 2.49. The van der Waals surface area contributed by atoms with E-state index in [1.54, 1.807) is 7.11 Å². The highest BCUT2D eigenvalue weighted by atomic mass is 16.5. The first-order valence-corrected chi connectivity index (χ1v) is 5.55. The van der Waals surface area contributed by atoms with Crippen LogP contribution in [0.25, 0.3) is 11.4 Å². The number of hydrogen-bond donors (Lipinski definition) is 2. The predicted octanol–water partition coefficient (Wildman–Crippen LogP) is 0.307. The molecule has 0 aliphatic rings. The molecule has 1 unspecified atom stereocenters. The van der Waals surface area contributed by atoms with Gasteiger partial charge in [-0.2, -0.15) is 5.10 Å². The van der Waals surface area contributed by atoms with Gasteiger partial charge in [0.05, 0.1) is 26.4 Å². The lowest BCUT2D eigenvalue weighted by Gasteiger charge is -2.05. The first-order chi connectivity index (χ1) is 8.72. The van der Waals surface area contributed by atoms with Crippen LogP contribution in [-0.2, 0) is 6.54 Å². The number of aromatic nitrogens is 3. The summed E-state index contributed by atoms with van der Waals surface area (Å²) in [5.74, 6) is 1.34. The zero-order valence-electron chi connectivity index (χ0n) is 10.0. The lowest BCUT2D eigenvalue weighted by Crippen LogP contribution is -2.20. The minimum atomic E-state index is -0.824. The van der Waals surface area contributed by atoms with E-state index in [-0.39, 0.29) is 13.2 Å². The van der Waals surface area contributed by atoms with Crippen molar-refractivity contribution in [1.29, 1.82) is 0 Å². The third-order valence-electron chi connectivity index (χ3n) is 2.49. The van der Waals surface area contributed by atoms with Crippen molar-refractivity contribution in [1.82, 2.24) is 14.8 Å². The Labute approximate surface area is 104 Å². The number of nitrogens with zero attached hydrogens (tertiary/aromatic N) is 3. The van der Waals surface area contributed by atoms with Crippen molar-refractivity contribution in [3.63, 3.8) is 0 Å². The minimum absolute atomic E-state index is 0.222. The van der Waals surface area contributed by atoms with E-state index in [2.05, 4.69) is 10.1 Å². The van der Waals surface area contributed by atoms with Gasteiger partial charge in [-0.1, -0.05) is 0 Å². The average Bonchev–Trinajstić information content (AvgIpc) is 2.87. The maximum Gasteiger partial charge on any atom is 0.181 e. The summed E-state index contributed by atoms with van der Waals surface area (Å²) in [6, 6.07) is 7.39. The summed E-state index contributed by atoms with van der Waals surface area (Å²) in [6.07, 6.45) is 0.703. The molecule has 6 nitrogen and oxygen atoms in total. The van der Waals surface area contributed by atoms with Crippen LogP contribution in [0, 0.1) is 0 Å². The summed E-state index contributed by atoms with van der Waals surface area (Å²) in [7, 11) is 1.61. The van der Waals surface area contributed by atoms with Crippen molar-refractivity contribution in [2.45, 2.75) is 12.6 Å². The summed E-state index contributed by atoms with van der Waals surface area (Å²) in [6.45, 7) is -0.0720. The average molecular weight is 249 g/mol. The molecule has 0 aliphatic carbocycles. The third kappa shape index (κ3) is 2.85. The van der Waals surface area contributed by atoms with E-state index < -0.39 is 6.10 Å². The van der Waals surface area contributed by atoms with Crippen LogP contribution in [0.5, 0.6) is 5.75 Å². The molecular formula is C12H15N3O3. The molecule has 0 aliphatic heterocycles. The topological polar surface area (TPSA) is 80.4 Å². The Hall–Kier alpha value is -1.92. The molecule has 0 spiro atoms. The Bertz CT molecular complexity index is 496. The summed E-state index contributed by atoms with van der Waals surface area (Å²) < 4.78 is 6.57. The van der Waals surface area contributed by atoms with Gasteiger partial charge in [0.25, 0.3) is 0 Å². The van der Waals surface area contributed by atoms with Crippen molar-refractivity contribution in [3.05, 3.63) is 30.6 Å². The van der Waals surface area contributed by atoms with E-state index >= 15 is 0 Å². The molecule has 6 heteroatoms. The predicted molar refractivity (Wildman–Crippen MR) is 65.1 cm³/mol. The van der Waals surface area contributed by atoms with Crippen molar-refractivity contribution in [2.24, 2.45) is 0 Å². The van der Waals surface area contributed by atoms with Gasteiger partial charge in [0.2, 0.25) is 0 Å². The Balaban J connectivity index is 2.13. The molecule has 2 aromatic rings. The number of ether oxygens (including phenoxy) is 1. The van der Waals surface area contributed by atoms with Crippen LogP contribution < -0.4 is 4.74 Å². The van der Waals surface area contributed by atoms with Crippen molar-refractivity contribution in [2.75, 3.05) is 13.7 Å². The van der Waals surface area contributed by atoms with Crippen LogP contribution in [0.15, 0.2) is 30.6 Å². The monoisotopic (exact) mass is 249 g/mol. The molecule has 0 radical (unpaired) electrons. The Morgan fingerprint density at radius 3 is 2.67 bits per heavy atom. The van der Waals surface area contributed by atoms with E-state index in [0.29, 0.717) is 5.82 Å². The molecule has 0 saturated carbocycles. The Morgan fingerprint density at radius 1 is 1.33 bits per heavy atom. The number of benzene rings is 1. The first-order valence-electron chi connectivity index (χ1n) is 5.55. The van der Waals surface area contributed by atoms with E-state index in [0.717, 1.165) is 11.3 Å². The highest BCUT2D eigenvalue weighted by molar-refractivity contribution is 5.55. The van der Waals surface area contributed by atoms with Gasteiger partial charge >= 0.3 is 0 Å². The lowest BCUT2D eigenvalue weighted by atomic mass is 10.2. The molecule has 1 aromatic carbocycles. The fourth-order valence-electron chi connectivity index (χ4n) is 1.53. The summed E-state index contributed by atoms with van der Waals surface area (Å²) >= 11 is 0. The van der Waals surface area contributed by atoms with Crippen LogP contribution in [0.4, 0.5) is 0 Å². The smallest absolute Gasteiger partial charge is 0.181 e. The molecule has 0 saturated heterocycles. The zero-order valence-corrected chi connectivity index (χ0v) is 10.0. The van der Waals surface area contributed by atoms with Gasteiger partial charge in [0.15, 0.2) is 5.82 Å². The second kappa shape index (κ2) is 5.61. The van der Waals surface area contributed by atoms with Gasteiger partial charge in [0, 0.05) is 5.56 Å². The number of aliphatic hydroxyl groups is 2. The number of aliphatic hydroxyl groups excluding tert-OH is 2. The summed E-state index contributed by atoms with van der Waals surface area (Å²) in [5.41, 5.74) is 0.869. The molecule has 18 heavy (non-hydrogen) atoms. The largest absolute Gasteiger partial charge is 0.497 e. The minimum Gasteiger partial charge on any atom is -0.497 e. The number of methoxy groups -OCH3 is 1. The molecular weight excluding hydrogens is 234 g/mol. The summed E-state index contributed by atoms with van der Waals surface area (Å²) in [4.78, 5) is 4.15. The molecule has 1 aromatic heterocycles. The van der Waals surface area contributed by atoms with Crippen LogP contribution in [0.2, 0.25) is 0 Å². The fourth-order valence-corrected chi connectivity index (χ4v) is 1.53. The number of rotatable bonds is 5. The Kier molecular flexibility index (Phi) is 3.91. The lowest BCUT2D eigenvalue weighted by molar-refractivity contribution is 0.0782. The molecule has 2 N–H and O–H groups in total. The van der Waals surface area contributed by atoms with Crippen molar-refractivity contribution >= 4 is 0 Å². The van der Waals surface area contributed by atoms with Crippen LogP contribution >= 0.6 is 0 Å². The van der Waals surface area contributed by atoms with E-state index in [1.807, 2.05) is 24.3 Å². The molecule has 2 rings (SSSR count). The molecule has 0 amide bonds. The standard InChI is InChI=1S/C12H15N3O3/c1-18-11-4-2-9(3-5-11)12-13-8-15(14-12)6-10(17)7-16/h2-5,8,10,16-17H,6-7H2,1H3. The first kappa shape index (κ1) is 12.5. The van der Waals surface area contributed by atoms with Crippen LogP contribution in [-0.4, -0.2) is 44.8 Å².